The fraction of sp³-hybridized carbons (Fsp3) is 0.0847. The third kappa shape index (κ3) is 8.39. The van der Waals surface area contributed by atoms with Crippen molar-refractivity contribution in [2.75, 3.05) is 9.80 Å². The van der Waals surface area contributed by atoms with Crippen LogP contribution in [0.3, 0.4) is 0 Å². The lowest BCUT2D eigenvalue weighted by molar-refractivity contribution is 0.746. The average molecular weight is 800 g/mol. The molecule has 3 aliphatic rings. The van der Waals surface area contributed by atoms with Gasteiger partial charge < -0.3 is 15.1 Å². The highest BCUT2D eigenvalue weighted by atomic mass is 15.2. The van der Waals surface area contributed by atoms with Gasteiger partial charge in [0.05, 0.1) is 6.04 Å². The predicted molar refractivity (Wildman–Crippen MR) is 261 cm³/mol. The average Bonchev–Trinajstić information content (AvgIpc) is 3.36. The van der Waals surface area contributed by atoms with Gasteiger partial charge in [0, 0.05) is 46.0 Å². The summed E-state index contributed by atoms with van der Waals surface area (Å²) in [5.74, 6) is 0.544. The zero-order chi connectivity index (χ0) is 41.5. The van der Waals surface area contributed by atoms with E-state index in [9.17, 15) is 0 Å². The molecule has 7 aromatic rings. The maximum atomic E-state index is 3.47. The molecule has 7 aromatic carbocycles. The van der Waals surface area contributed by atoms with E-state index in [-0.39, 0.29) is 12.0 Å². The Morgan fingerprint density at radius 1 is 0.419 bits per heavy atom. The van der Waals surface area contributed by atoms with E-state index in [2.05, 4.69) is 252 Å². The van der Waals surface area contributed by atoms with Crippen molar-refractivity contribution in [1.82, 2.24) is 5.32 Å². The molecule has 10 rings (SSSR count). The van der Waals surface area contributed by atoms with Crippen molar-refractivity contribution < 1.29 is 0 Å². The molecule has 3 nitrogen and oxygen atoms in total. The van der Waals surface area contributed by atoms with Gasteiger partial charge in [-0.2, -0.15) is 0 Å². The summed E-state index contributed by atoms with van der Waals surface area (Å²) < 4.78 is 0. The van der Waals surface area contributed by atoms with E-state index >= 15 is 0 Å². The third-order valence-electron chi connectivity index (χ3n) is 12.2. The maximum Gasteiger partial charge on any atom is 0.0695 e. The van der Waals surface area contributed by atoms with Crippen LogP contribution in [0.1, 0.15) is 47.4 Å². The van der Waals surface area contributed by atoms with Crippen molar-refractivity contribution in [3.63, 3.8) is 0 Å². The van der Waals surface area contributed by atoms with Crippen molar-refractivity contribution in [3.8, 4) is 22.3 Å². The monoisotopic (exact) mass is 799 g/mol. The van der Waals surface area contributed by atoms with E-state index in [1.807, 2.05) is 12.3 Å². The van der Waals surface area contributed by atoms with Crippen LogP contribution in [-0.4, -0.2) is 0 Å². The number of rotatable bonds is 11. The lowest BCUT2D eigenvalue weighted by Gasteiger charge is -2.32. The van der Waals surface area contributed by atoms with Gasteiger partial charge in [-0.25, -0.2) is 0 Å². The Morgan fingerprint density at radius 3 is 1.60 bits per heavy atom. The van der Waals surface area contributed by atoms with Gasteiger partial charge in [0.1, 0.15) is 0 Å². The third-order valence-corrected chi connectivity index (χ3v) is 12.2. The van der Waals surface area contributed by atoms with Crippen molar-refractivity contribution in [3.05, 3.63) is 277 Å². The first-order chi connectivity index (χ1) is 30.7. The van der Waals surface area contributed by atoms with Crippen LogP contribution in [-0.2, 0) is 0 Å². The van der Waals surface area contributed by atoms with Crippen molar-refractivity contribution in [2.45, 2.75) is 30.7 Å². The Balaban J connectivity index is 0.968. The highest BCUT2D eigenvalue weighted by molar-refractivity contribution is 5.76. The molecule has 1 heterocycles. The quantitative estimate of drug-likeness (QED) is 0.141. The van der Waals surface area contributed by atoms with E-state index in [1.54, 1.807) is 0 Å². The Hall–Kier alpha value is -7.62. The lowest BCUT2D eigenvalue weighted by atomic mass is 9.89. The fourth-order valence-corrected chi connectivity index (χ4v) is 8.95. The fourth-order valence-electron chi connectivity index (χ4n) is 8.95. The summed E-state index contributed by atoms with van der Waals surface area (Å²) in [6.07, 6.45) is 24.1. The number of nitrogens with zero attached hydrogens (tertiary/aromatic N) is 2. The molecular formula is C59H49N3. The van der Waals surface area contributed by atoms with Crippen LogP contribution in [0, 0.1) is 0 Å². The smallest absolute Gasteiger partial charge is 0.0695 e. The van der Waals surface area contributed by atoms with Crippen LogP contribution >= 0.6 is 0 Å². The summed E-state index contributed by atoms with van der Waals surface area (Å²) in [4.78, 5) is 4.86. The van der Waals surface area contributed by atoms with E-state index in [0.717, 1.165) is 35.6 Å². The first-order valence-corrected chi connectivity index (χ1v) is 21.7. The van der Waals surface area contributed by atoms with Crippen LogP contribution in [0.2, 0.25) is 0 Å². The normalized spacial score (nSPS) is 17.8. The number of anilines is 4. The topological polar surface area (TPSA) is 18.5 Å². The second kappa shape index (κ2) is 17.9. The molecule has 0 spiro atoms. The summed E-state index contributed by atoms with van der Waals surface area (Å²) >= 11 is 0. The molecule has 1 aliphatic heterocycles. The van der Waals surface area contributed by atoms with E-state index in [1.165, 1.54) is 50.3 Å². The minimum Gasteiger partial charge on any atom is -0.381 e. The Morgan fingerprint density at radius 2 is 1.00 bits per heavy atom. The zero-order valence-electron chi connectivity index (χ0n) is 34.7. The summed E-state index contributed by atoms with van der Waals surface area (Å²) in [5, 5.41) is 3.47. The van der Waals surface area contributed by atoms with Crippen LogP contribution in [0.4, 0.5) is 22.7 Å². The number of nitrogens with one attached hydrogen (secondary N) is 1. The molecule has 0 amide bonds. The van der Waals surface area contributed by atoms with Crippen molar-refractivity contribution in [1.29, 1.82) is 0 Å². The molecule has 0 fully saturated rings. The first-order valence-electron chi connectivity index (χ1n) is 21.7. The van der Waals surface area contributed by atoms with Gasteiger partial charge >= 0.3 is 0 Å². The highest BCUT2D eigenvalue weighted by Crippen LogP contribution is 2.41. The summed E-state index contributed by atoms with van der Waals surface area (Å²) in [5.41, 5.74) is 15.7. The van der Waals surface area contributed by atoms with Crippen LogP contribution in [0.25, 0.3) is 22.3 Å². The largest absolute Gasteiger partial charge is 0.381 e. The van der Waals surface area contributed by atoms with Gasteiger partial charge in [-0.05, 0) is 125 Å². The molecular weight excluding hydrogens is 751 g/mol. The summed E-state index contributed by atoms with van der Waals surface area (Å²) in [7, 11) is 0. The van der Waals surface area contributed by atoms with Crippen LogP contribution in [0.5, 0.6) is 0 Å². The molecule has 3 atom stereocenters. The standard InChI is InChI=1S/C59H49N3/c1-4-14-44(15-5-1)47-25-33-53(34-26-47)61(54-35-27-48(28-36-54)45-16-6-2-7-17-45)57-22-12-20-51(42-57)52-21-13-23-58(43-52)62(55-37-29-49(30-38-55)46-18-8-3-9-19-46)56-39-31-50(32-40-56)59-24-10-11-41-60-59/h1-27,29-42,48,52,59-60H,28,43H2. The van der Waals surface area contributed by atoms with E-state index < -0.39 is 0 Å². The van der Waals surface area contributed by atoms with Gasteiger partial charge in [0.25, 0.3) is 0 Å². The second-order valence-electron chi connectivity index (χ2n) is 16.2. The molecule has 0 saturated heterocycles. The van der Waals surface area contributed by atoms with Gasteiger partial charge in [-0.15, -0.1) is 0 Å². The molecule has 0 saturated carbocycles. The number of hydrogen-bond acceptors (Lipinski definition) is 3. The molecule has 1 N–H and O–H groups in total. The Kier molecular flexibility index (Phi) is 11.2. The van der Waals surface area contributed by atoms with Crippen LogP contribution in [0.15, 0.2) is 260 Å². The van der Waals surface area contributed by atoms with Gasteiger partial charge in [0.15, 0.2) is 0 Å². The predicted octanol–water partition coefficient (Wildman–Crippen LogP) is 15.3. The minimum atomic E-state index is 0.160. The molecule has 0 bridgehead atoms. The second-order valence-corrected chi connectivity index (χ2v) is 16.2. The number of allylic oxidation sites excluding steroid dienone is 9. The van der Waals surface area contributed by atoms with E-state index in [0.29, 0.717) is 5.92 Å². The highest BCUT2D eigenvalue weighted by Gasteiger charge is 2.24. The Labute approximate surface area is 366 Å². The molecule has 0 radical (unpaired) electrons. The molecule has 300 valence electrons. The first kappa shape index (κ1) is 38.6. The Bertz CT molecular complexity index is 2790. The van der Waals surface area contributed by atoms with Gasteiger partial charge in [0.2, 0.25) is 0 Å². The van der Waals surface area contributed by atoms with Crippen molar-refractivity contribution >= 4 is 22.7 Å². The molecule has 3 heteroatoms. The number of hydrogen-bond donors (Lipinski definition) is 1. The molecule has 2 aliphatic carbocycles. The van der Waals surface area contributed by atoms with Gasteiger partial charge in [-0.1, -0.05) is 176 Å². The molecule has 62 heavy (non-hydrogen) atoms. The SMILES string of the molecule is C1=CNC(c2ccc(N(C3=CC=CC(c4cccc(N(C5=CCC(c6ccccc6)C=C5)c5ccc(-c6ccccc6)cc5)c4)C3)c3ccc(-c4ccccc4)cc3)cc2)C=C1. The minimum absolute atomic E-state index is 0.160. The maximum absolute atomic E-state index is 3.47. The summed E-state index contributed by atoms with van der Waals surface area (Å²) in [6, 6.07) is 68.4. The van der Waals surface area contributed by atoms with Crippen molar-refractivity contribution in [2.24, 2.45) is 0 Å². The lowest BCUT2D eigenvalue weighted by Crippen LogP contribution is -2.20. The molecule has 0 aromatic heterocycles. The summed E-state index contributed by atoms with van der Waals surface area (Å²) in [6.45, 7) is 0. The number of benzene rings is 7. The zero-order valence-corrected chi connectivity index (χ0v) is 34.7. The number of dihydropyridines is 1. The van der Waals surface area contributed by atoms with Crippen LogP contribution < -0.4 is 15.1 Å². The van der Waals surface area contributed by atoms with Gasteiger partial charge in [-0.3, -0.25) is 0 Å². The van der Waals surface area contributed by atoms with E-state index in [4.69, 9.17) is 0 Å². The molecule has 3 unspecified atom stereocenters.